The Kier molecular flexibility index (Phi) is 7.55. The molecule has 1 fully saturated rings. The van der Waals surface area contributed by atoms with Crippen LogP contribution < -0.4 is 20.3 Å². The number of rotatable bonds is 6. The van der Waals surface area contributed by atoms with Crippen LogP contribution in [-0.2, 0) is 12.8 Å². The average molecular weight is 500 g/mol. The van der Waals surface area contributed by atoms with Crippen molar-refractivity contribution in [3.05, 3.63) is 89.5 Å². The van der Waals surface area contributed by atoms with Crippen molar-refractivity contribution in [1.82, 2.24) is 5.32 Å². The van der Waals surface area contributed by atoms with Gasteiger partial charge in [-0.3, -0.25) is 10.1 Å². The molecule has 4 rings (SSSR count). The summed E-state index contributed by atoms with van der Waals surface area (Å²) in [6.45, 7) is 1.84. The Labute approximate surface area is 206 Å². The SMILES string of the molecule is O=C(NC(=S)Nc1cc(C(F)(F)F)ccc1N1CCCC1)c1cccc(OCc2ccccc2)c1. The molecule has 0 unspecified atom stereocenters. The fraction of sp³-hybridized carbons (Fsp3) is 0.231. The lowest BCUT2D eigenvalue weighted by Crippen LogP contribution is -2.34. The quantitative estimate of drug-likeness (QED) is 0.407. The largest absolute Gasteiger partial charge is 0.489 e. The lowest BCUT2D eigenvalue weighted by atomic mass is 10.1. The lowest BCUT2D eigenvalue weighted by Gasteiger charge is -2.23. The van der Waals surface area contributed by atoms with E-state index in [1.807, 2.05) is 35.2 Å². The summed E-state index contributed by atoms with van der Waals surface area (Å²) in [5.41, 5.74) is 1.32. The van der Waals surface area contributed by atoms with E-state index in [1.165, 1.54) is 6.07 Å². The Morgan fingerprint density at radius 2 is 1.71 bits per heavy atom. The van der Waals surface area contributed by atoms with E-state index in [9.17, 15) is 18.0 Å². The second-order valence-corrected chi connectivity index (χ2v) is 8.54. The van der Waals surface area contributed by atoms with Crippen LogP contribution in [0.25, 0.3) is 0 Å². The zero-order valence-electron chi connectivity index (χ0n) is 18.8. The molecule has 0 aliphatic carbocycles. The van der Waals surface area contributed by atoms with Gasteiger partial charge in [0.2, 0.25) is 0 Å². The van der Waals surface area contributed by atoms with E-state index in [2.05, 4.69) is 10.6 Å². The second-order valence-electron chi connectivity index (χ2n) is 8.13. The van der Waals surface area contributed by atoms with Gasteiger partial charge in [0.25, 0.3) is 5.91 Å². The second kappa shape index (κ2) is 10.8. The van der Waals surface area contributed by atoms with Gasteiger partial charge in [-0.1, -0.05) is 36.4 Å². The number of thiocarbonyl (C=S) groups is 1. The van der Waals surface area contributed by atoms with Crippen LogP contribution in [0.5, 0.6) is 5.75 Å². The van der Waals surface area contributed by atoms with Crippen LogP contribution in [0.3, 0.4) is 0 Å². The van der Waals surface area contributed by atoms with E-state index in [4.69, 9.17) is 17.0 Å². The molecule has 1 aliphatic heterocycles. The molecule has 182 valence electrons. The number of anilines is 2. The topological polar surface area (TPSA) is 53.6 Å². The highest BCUT2D eigenvalue weighted by atomic mass is 32.1. The predicted molar refractivity (Wildman–Crippen MR) is 134 cm³/mol. The minimum Gasteiger partial charge on any atom is -0.489 e. The maximum absolute atomic E-state index is 13.3. The zero-order valence-corrected chi connectivity index (χ0v) is 19.6. The monoisotopic (exact) mass is 499 g/mol. The van der Waals surface area contributed by atoms with Crippen LogP contribution in [0.2, 0.25) is 0 Å². The van der Waals surface area contributed by atoms with Crippen LogP contribution in [0.15, 0.2) is 72.8 Å². The zero-order chi connectivity index (χ0) is 24.8. The lowest BCUT2D eigenvalue weighted by molar-refractivity contribution is -0.137. The van der Waals surface area contributed by atoms with Crippen molar-refractivity contribution in [2.75, 3.05) is 23.3 Å². The van der Waals surface area contributed by atoms with Gasteiger partial charge in [-0.15, -0.1) is 0 Å². The van der Waals surface area contributed by atoms with E-state index >= 15 is 0 Å². The fourth-order valence-corrected chi connectivity index (χ4v) is 4.05. The number of carbonyl (C=O) groups excluding carboxylic acids is 1. The summed E-state index contributed by atoms with van der Waals surface area (Å²) in [6, 6.07) is 19.7. The van der Waals surface area contributed by atoms with Crippen molar-refractivity contribution in [1.29, 1.82) is 0 Å². The number of halogens is 3. The molecule has 3 aromatic rings. The molecule has 1 aliphatic rings. The molecule has 2 N–H and O–H groups in total. The number of ether oxygens (including phenoxy) is 1. The fourth-order valence-electron chi connectivity index (χ4n) is 3.84. The summed E-state index contributed by atoms with van der Waals surface area (Å²) in [6.07, 6.45) is -2.57. The van der Waals surface area contributed by atoms with E-state index < -0.39 is 17.6 Å². The van der Waals surface area contributed by atoms with Gasteiger partial charge in [0, 0.05) is 18.7 Å². The molecular weight excluding hydrogens is 475 g/mol. The highest BCUT2D eigenvalue weighted by Crippen LogP contribution is 2.36. The maximum atomic E-state index is 13.3. The maximum Gasteiger partial charge on any atom is 0.416 e. The van der Waals surface area contributed by atoms with Gasteiger partial charge >= 0.3 is 6.18 Å². The number of hydrogen-bond acceptors (Lipinski definition) is 4. The third kappa shape index (κ3) is 6.51. The Morgan fingerprint density at radius 1 is 0.971 bits per heavy atom. The first-order chi connectivity index (χ1) is 16.8. The van der Waals surface area contributed by atoms with E-state index in [0.717, 1.165) is 43.6 Å². The average Bonchev–Trinajstić information content (AvgIpc) is 3.38. The highest BCUT2D eigenvalue weighted by molar-refractivity contribution is 7.80. The molecule has 5 nitrogen and oxygen atoms in total. The van der Waals surface area contributed by atoms with Crippen molar-refractivity contribution in [3.63, 3.8) is 0 Å². The molecule has 0 atom stereocenters. The molecule has 1 saturated heterocycles. The minimum atomic E-state index is -4.50. The molecule has 35 heavy (non-hydrogen) atoms. The number of nitrogens with zero attached hydrogens (tertiary/aromatic N) is 1. The standard InChI is InChI=1S/C26H24F3N3O2S/c27-26(28,29)20-11-12-23(32-13-4-5-14-32)22(16-20)30-25(35)31-24(33)19-9-6-10-21(15-19)34-17-18-7-2-1-3-8-18/h1-3,6-12,15-16H,4-5,13-14,17H2,(H2,30,31,33,35). The Bertz CT molecular complexity index is 1200. The third-order valence-corrected chi connectivity index (χ3v) is 5.79. The van der Waals surface area contributed by atoms with Crippen molar-refractivity contribution in [2.45, 2.75) is 25.6 Å². The van der Waals surface area contributed by atoms with Crippen LogP contribution in [0, 0.1) is 0 Å². The van der Waals surface area contributed by atoms with Crippen molar-refractivity contribution in [3.8, 4) is 5.75 Å². The van der Waals surface area contributed by atoms with Crippen LogP contribution in [0.4, 0.5) is 24.5 Å². The van der Waals surface area contributed by atoms with Gasteiger partial charge in [0.15, 0.2) is 5.11 Å². The molecule has 9 heteroatoms. The molecule has 0 aromatic heterocycles. The van der Waals surface area contributed by atoms with Gasteiger partial charge < -0.3 is 15.0 Å². The van der Waals surface area contributed by atoms with E-state index in [1.54, 1.807) is 24.3 Å². The summed E-state index contributed by atoms with van der Waals surface area (Å²) in [5.74, 6) is 0.0111. The predicted octanol–water partition coefficient (Wildman–Crippen LogP) is 6.01. The first-order valence-corrected chi connectivity index (χ1v) is 11.6. The third-order valence-electron chi connectivity index (χ3n) is 5.59. The van der Waals surface area contributed by atoms with Crippen molar-refractivity contribution >= 4 is 34.6 Å². The Hall–Kier alpha value is -3.59. The van der Waals surface area contributed by atoms with Crippen molar-refractivity contribution < 1.29 is 22.7 Å². The normalized spacial score (nSPS) is 13.4. The summed E-state index contributed by atoms with van der Waals surface area (Å²) in [7, 11) is 0. The number of nitrogens with one attached hydrogen (secondary N) is 2. The van der Waals surface area contributed by atoms with Crippen LogP contribution >= 0.6 is 12.2 Å². The molecule has 3 aromatic carbocycles. The molecule has 0 spiro atoms. The summed E-state index contributed by atoms with van der Waals surface area (Å²) in [4.78, 5) is 14.8. The number of amides is 1. The van der Waals surface area contributed by atoms with E-state index in [0.29, 0.717) is 23.6 Å². The Balaban J connectivity index is 1.44. The summed E-state index contributed by atoms with van der Waals surface area (Å²) >= 11 is 5.26. The number of hydrogen-bond donors (Lipinski definition) is 2. The van der Waals surface area contributed by atoms with E-state index in [-0.39, 0.29) is 10.8 Å². The number of benzene rings is 3. The molecule has 0 bridgehead atoms. The van der Waals surface area contributed by atoms with Gasteiger partial charge in [-0.25, -0.2) is 0 Å². The first-order valence-electron chi connectivity index (χ1n) is 11.1. The number of alkyl halides is 3. The summed E-state index contributed by atoms with van der Waals surface area (Å²) < 4.78 is 45.7. The van der Waals surface area contributed by atoms with Crippen molar-refractivity contribution in [2.24, 2.45) is 0 Å². The molecule has 0 saturated carbocycles. The minimum absolute atomic E-state index is 0.0922. The van der Waals surface area contributed by atoms with Gasteiger partial charge in [-0.05, 0) is 67.0 Å². The Morgan fingerprint density at radius 3 is 2.43 bits per heavy atom. The van der Waals surface area contributed by atoms with Gasteiger partial charge in [0.05, 0.1) is 16.9 Å². The smallest absolute Gasteiger partial charge is 0.416 e. The molecule has 1 heterocycles. The molecular formula is C26H24F3N3O2S. The van der Waals surface area contributed by atoms with Crippen LogP contribution in [-0.4, -0.2) is 24.1 Å². The number of carbonyl (C=O) groups is 1. The van der Waals surface area contributed by atoms with Gasteiger partial charge in [-0.2, -0.15) is 13.2 Å². The first kappa shape index (κ1) is 24.5. The highest BCUT2D eigenvalue weighted by Gasteiger charge is 2.32. The summed E-state index contributed by atoms with van der Waals surface area (Å²) in [5, 5.41) is 5.24. The van der Waals surface area contributed by atoms with Crippen LogP contribution in [0.1, 0.15) is 34.3 Å². The molecule has 0 radical (unpaired) electrons. The molecule has 1 amide bonds. The van der Waals surface area contributed by atoms with Gasteiger partial charge in [0.1, 0.15) is 12.4 Å².